The number of nitrogens with one attached hydrogen (secondary N) is 2. The number of halogens is 1. The molecule has 1 aliphatic rings. The average Bonchev–Trinajstić information content (AvgIpc) is 2.48. The first-order valence-electron chi connectivity index (χ1n) is 7.29. The summed E-state index contributed by atoms with van der Waals surface area (Å²) in [6.45, 7) is 6.03. The maximum absolute atomic E-state index is 12.5. The summed E-state index contributed by atoms with van der Waals surface area (Å²) in [6.07, 6.45) is 2.17. The lowest BCUT2D eigenvalue weighted by Gasteiger charge is -2.23. The summed E-state index contributed by atoms with van der Waals surface area (Å²) in [6, 6.07) is 3.45. The molecule has 1 aliphatic heterocycles. The van der Waals surface area contributed by atoms with E-state index in [9.17, 15) is 8.42 Å². The molecule has 126 valence electrons. The van der Waals surface area contributed by atoms with Gasteiger partial charge in [0.2, 0.25) is 10.0 Å². The van der Waals surface area contributed by atoms with Crippen LogP contribution in [0.25, 0.3) is 0 Å². The van der Waals surface area contributed by atoms with Gasteiger partial charge in [-0.25, -0.2) is 13.1 Å². The van der Waals surface area contributed by atoms with Gasteiger partial charge in [0.15, 0.2) is 0 Å². The highest BCUT2D eigenvalue weighted by molar-refractivity contribution is 7.89. The number of sulfonamides is 1. The Morgan fingerprint density at radius 2 is 2.05 bits per heavy atom. The Hall–Kier alpha value is -0.820. The topological polar surface area (TPSA) is 67.4 Å². The number of piperidine rings is 1. The zero-order valence-corrected chi connectivity index (χ0v) is 14.9. The van der Waals surface area contributed by atoms with E-state index < -0.39 is 10.0 Å². The van der Waals surface area contributed by atoms with Gasteiger partial charge in [-0.15, -0.1) is 12.4 Å². The van der Waals surface area contributed by atoms with E-state index in [1.165, 1.54) is 0 Å². The average molecular weight is 349 g/mol. The molecular formula is C15H25ClN2O3S. The molecular weight excluding hydrogens is 324 g/mol. The first kappa shape index (κ1) is 19.2. The van der Waals surface area contributed by atoms with E-state index in [4.69, 9.17) is 4.74 Å². The second-order valence-electron chi connectivity index (χ2n) is 5.65. The lowest BCUT2D eigenvalue weighted by Crippen LogP contribution is -2.38. The first-order chi connectivity index (χ1) is 9.94. The van der Waals surface area contributed by atoms with E-state index in [0.717, 1.165) is 31.5 Å². The third-order valence-corrected chi connectivity index (χ3v) is 5.51. The van der Waals surface area contributed by atoms with Crippen LogP contribution >= 0.6 is 12.4 Å². The third kappa shape index (κ3) is 4.59. The van der Waals surface area contributed by atoms with E-state index in [-0.39, 0.29) is 12.4 Å². The highest BCUT2D eigenvalue weighted by Gasteiger charge is 2.21. The van der Waals surface area contributed by atoms with Crippen molar-refractivity contribution in [2.75, 3.05) is 26.7 Å². The predicted molar refractivity (Wildman–Crippen MR) is 90.5 cm³/mol. The van der Waals surface area contributed by atoms with Crippen LogP contribution in [0.4, 0.5) is 0 Å². The summed E-state index contributed by atoms with van der Waals surface area (Å²) in [4.78, 5) is 0.338. The fourth-order valence-corrected chi connectivity index (χ4v) is 4.10. The van der Waals surface area contributed by atoms with Crippen molar-refractivity contribution in [3.63, 3.8) is 0 Å². The van der Waals surface area contributed by atoms with Crippen LogP contribution < -0.4 is 14.8 Å². The lowest BCUT2D eigenvalue weighted by atomic mass is 10.0. The molecule has 1 heterocycles. The van der Waals surface area contributed by atoms with Gasteiger partial charge < -0.3 is 10.1 Å². The highest BCUT2D eigenvalue weighted by Crippen LogP contribution is 2.25. The van der Waals surface area contributed by atoms with Crippen LogP contribution in [0.1, 0.15) is 24.0 Å². The molecule has 0 aliphatic carbocycles. The minimum Gasteiger partial charge on any atom is -0.496 e. The summed E-state index contributed by atoms with van der Waals surface area (Å²) < 4.78 is 32.9. The van der Waals surface area contributed by atoms with Gasteiger partial charge in [-0.1, -0.05) is 0 Å². The molecule has 0 radical (unpaired) electrons. The second-order valence-corrected chi connectivity index (χ2v) is 7.39. The molecule has 1 atom stereocenters. The maximum atomic E-state index is 12.5. The summed E-state index contributed by atoms with van der Waals surface area (Å²) >= 11 is 0. The molecule has 0 saturated carbocycles. The summed E-state index contributed by atoms with van der Waals surface area (Å²) in [5.41, 5.74) is 1.52. The van der Waals surface area contributed by atoms with Crippen molar-refractivity contribution in [3.05, 3.63) is 23.3 Å². The van der Waals surface area contributed by atoms with Crippen molar-refractivity contribution in [3.8, 4) is 5.75 Å². The van der Waals surface area contributed by atoms with Gasteiger partial charge in [-0.3, -0.25) is 0 Å². The van der Waals surface area contributed by atoms with Gasteiger partial charge in [-0.05, 0) is 69.0 Å². The van der Waals surface area contributed by atoms with Crippen LogP contribution in [0, 0.1) is 19.8 Å². The van der Waals surface area contributed by atoms with Gasteiger partial charge >= 0.3 is 0 Å². The fraction of sp³-hybridized carbons (Fsp3) is 0.600. The molecule has 2 rings (SSSR count). The van der Waals surface area contributed by atoms with Crippen LogP contribution in [0.2, 0.25) is 0 Å². The monoisotopic (exact) mass is 348 g/mol. The standard InChI is InChI=1S/C15H24N2O3S.ClH/c1-11-8-15(12(2)7-14(11)20-3)21(18,19)17-10-13-5-4-6-16-9-13;/h7-8,13,16-17H,4-6,9-10H2,1-3H3;1H. The molecule has 0 spiro atoms. The Kier molecular flexibility index (Phi) is 7.12. The van der Waals surface area contributed by atoms with Gasteiger partial charge in [0.25, 0.3) is 0 Å². The van der Waals surface area contributed by atoms with Crippen molar-refractivity contribution < 1.29 is 13.2 Å². The molecule has 1 aromatic rings. The van der Waals surface area contributed by atoms with Crippen LogP contribution in [-0.2, 0) is 10.0 Å². The molecule has 2 N–H and O–H groups in total. The van der Waals surface area contributed by atoms with Gasteiger partial charge in [0, 0.05) is 6.54 Å². The van der Waals surface area contributed by atoms with Gasteiger partial charge in [-0.2, -0.15) is 0 Å². The van der Waals surface area contributed by atoms with Crippen molar-refractivity contribution in [1.82, 2.24) is 10.0 Å². The molecule has 0 bridgehead atoms. The van der Waals surface area contributed by atoms with Crippen LogP contribution in [0.3, 0.4) is 0 Å². The molecule has 0 aromatic heterocycles. The van der Waals surface area contributed by atoms with Crippen molar-refractivity contribution in [2.45, 2.75) is 31.6 Å². The molecule has 1 unspecified atom stereocenters. The number of ether oxygens (including phenoxy) is 1. The number of methoxy groups -OCH3 is 1. The Morgan fingerprint density at radius 3 is 2.64 bits per heavy atom. The Bertz CT molecular complexity index is 599. The molecule has 22 heavy (non-hydrogen) atoms. The van der Waals surface area contributed by atoms with E-state index in [1.54, 1.807) is 26.2 Å². The smallest absolute Gasteiger partial charge is 0.240 e. The zero-order valence-electron chi connectivity index (χ0n) is 13.3. The third-order valence-electron chi connectivity index (χ3n) is 3.94. The zero-order chi connectivity index (χ0) is 15.5. The number of benzene rings is 1. The number of hydrogen-bond donors (Lipinski definition) is 2. The molecule has 1 saturated heterocycles. The quantitative estimate of drug-likeness (QED) is 0.854. The molecule has 1 aromatic carbocycles. The van der Waals surface area contributed by atoms with Gasteiger partial charge in [0.1, 0.15) is 5.75 Å². The molecule has 0 amide bonds. The van der Waals surface area contributed by atoms with Crippen molar-refractivity contribution in [2.24, 2.45) is 5.92 Å². The fourth-order valence-electron chi connectivity index (χ4n) is 2.68. The summed E-state index contributed by atoms with van der Waals surface area (Å²) in [5.74, 6) is 1.08. The number of aryl methyl sites for hydroxylation is 2. The first-order valence-corrected chi connectivity index (χ1v) is 8.78. The van der Waals surface area contributed by atoms with Crippen LogP contribution in [-0.4, -0.2) is 35.2 Å². The normalized spacial score (nSPS) is 18.6. The predicted octanol–water partition coefficient (Wildman–Crippen LogP) is 2.01. The minimum atomic E-state index is -3.47. The number of rotatable bonds is 5. The molecule has 5 nitrogen and oxygen atoms in total. The van der Waals surface area contributed by atoms with E-state index in [2.05, 4.69) is 10.0 Å². The Labute approximate surface area is 139 Å². The van der Waals surface area contributed by atoms with E-state index in [0.29, 0.717) is 28.7 Å². The van der Waals surface area contributed by atoms with Crippen LogP contribution in [0.5, 0.6) is 5.75 Å². The summed E-state index contributed by atoms with van der Waals surface area (Å²) in [7, 11) is -1.88. The lowest BCUT2D eigenvalue weighted by molar-refractivity contribution is 0.376. The molecule has 1 fully saturated rings. The van der Waals surface area contributed by atoms with Gasteiger partial charge in [0.05, 0.1) is 12.0 Å². The van der Waals surface area contributed by atoms with Crippen molar-refractivity contribution in [1.29, 1.82) is 0 Å². The number of hydrogen-bond acceptors (Lipinski definition) is 4. The molecule has 7 heteroatoms. The minimum absolute atomic E-state index is 0. The Balaban J connectivity index is 0.00000242. The van der Waals surface area contributed by atoms with E-state index in [1.807, 2.05) is 6.92 Å². The largest absolute Gasteiger partial charge is 0.496 e. The summed E-state index contributed by atoms with van der Waals surface area (Å²) in [5, 5.41) is 3.30. The van der Waals surface area contributed by atoms with Crippen molar-refractivity contribution >= 4 is 22.4 Å². The second kappa shape index (κ2) is 8.15. The Morgan fingerprint density at radius 1 is 1.32 bits per heavy atom. The van der Waals surface area contributed by atoms with Crippen LogP contribution in [0.15, 0.2) is 17.0 Å². The van der Waals surface area contributed by atoms with E-state index >= 15 is 0 Å². The maximum Gasteiger partial charge on any atom is 0.240 e. The highest BCUT2D eigenvalue weighted by atomic mass is 35.5. The SMILES string of the molecule is COc1cc(C)c(S(=O)(=O)NCC2CCCNC2)cc1C.Cl.